The van der Waals surface area contributed by atoms with Crippen LogP contribution in [0.4, 0.5) is 0 Å². The van der Waals surface area contributed by atoms with Crippen LogP contribution in [0.5, 0.6) is 0 Å². The average molecular weight is 274 g/mol. The average Bonchev–Trinajstić information content (AvgIpc) is 2.75. The van der Waals surface area contributed by atoms with E-state index in [0.29, 0.717) is 12.1 Å². The van der Waals surface area contributed by atoms with E-state index in [0.717, 1.165) is 43.2 Å². The van der Waals surface area contributed by atoms with Gasteiger partial charge in [-0.1, -0.05) is 18.5 Å². The molecule has 1 saturated heterocycles. The first-order valence-corrected chi connectivity index (χ1v) is 7.56. The van der Waals surface area contributed by atoms with E-state index in [2.05, 4.69) is 18.3 Å². The molecule has 4 heteroatoms. The molecule has 17 heavy (non-hydrogen) atoms. The smallest absolute Gasteiger partial charge is 0.0931 e. The summed E-state index contributed by atoms with van der Waals surface area (Å²) in [6.45, 7) is 4.14. The Morgan fingerprint density at radius 1 is 1.53 bits per heavy atom. The van der Waals surface area contributed by atoms with Crippen molar-refractivity contribution in [2.45, 2.75) is 44.8 Å². The lowest BCUT2D eigenvalue weighted by molar-refractivity contribution is 0.000123. The first kappa shape index (κ1) is 13.3. The summed E-state index contributed by atoms with van der Waals surface area (Å²) in [6.07, 6.45) is 4.95. The Morgan fingerprint density at radius 3 is 3.12 bits per heavy atom. The van der Waals surface area contributed by atoms with Crippen LogP contribution in [0.25, 0.3) is 0 Å². The van der Waals surface area contributed by atoms with E-state index in [9.17, 15) is 0 Å². The Bertz CT molecular complexity index is 342. The Morgan fingerprint density at radius 2 is 2.41 bits per heavy atom. The normalized spacial score (nSPS) is 25.1. The zero-order valence-corrected chi connectivity index (χ0v) is 11.8. The highest BCUT2D eigenvalue weighted by Crippen LogP contribution is 2.21. The second-order valence-corrected chi connectivity index (χ2v) is 6.33. The van der Waals surface area contributed by atoms with Crippen LogP contribution in [0.15, 0.2) is 12.1 Å². The Labute approximate surface area is 112 Å². The summed E-state index contributed by atoms with van der Waals surface area (Å²) in [5.74, 6) is 0. The fourth-order valence-electron chi connectivity index (χ4n) is 2.24. The molecule has 2 atom stereocenters. The van der Waals surface area contributed by atoms with Gasteiger partial charge in [-0.15, -0.1) is 11.3 Å². The summed E-state index contributed by atoms with van der Waals surface area (Å²) in [4.78, 5) is 1.36. The van der Waals surface area contributed by atoms with Gasteiger partial charge in [-0.25, -0.2) is 0 Å². The molecule has 0 bridgehead atoms. The summed E-state index contributed by atoms with van der Waals surface area (Å²) in [7, 11) is 0. The van der Waals surface area contributed by atoms with Gasteiger partial charge >= 0.3 is 0 Å². The standard InChI is InChI=1S/C13H20ClNOS/c1-2-11-9-10(6-8-16-11)15-7-5-12-3-4-13(14)17-12/h3-4,10-11,15H,2,5-9H2,1H3. The molecule has 2 nitrogen and oxygen atoms in total. The van der Waals surface area contributed by atoms with E-state index in [-0.39, 0.29) is 0 Å². The van der Waals surface area contributed by atoms with E-state index in [1.165, 1.54) is 4.88 Å². The van der Waals surface area contributed by atoms with Crippen molar-refractivity contribution in [3.63, 3.8) is 0 Å². The SMILES string of the molecule is CCC1CC(NCCc2ccc(Cl)s2)CCO1. The van der Waals surface area contributed by atoms with E-state index >= 15 is 0 Å². The first-order chi connectivity index (χ1) is 8.28. The fourth-order valence-corrected chi connectivity index (χ4v) is 3.32. The third kappa shape index (κ3) is 4.25. The maximum atomic E-state index is 5.91. The van der Waals surface area contributed by atoms with E-state index in [4.69, 9.17) is 16.3 Å². The van der Waals surface area contributed by atoms with Crippen molar-refractivity contribution in [1.82, 2.24) is 5.32 Å². The highest BCUT2D eigenvalue weighted by molar-refractivity contribution is 7.16. The minimum absolute atomic E-state index is 0.456. The number of ether oxygens (including phenoxy) is 1. The number of nitrogens with one attached hydrogen (secondary N) is 1. The summed E-state index contributed by atoms with van der Waals surface area (Å²) in [6, 6.07) is 4.72. The molecule has 1 N–H and O–H groups in total. The monoisotopic (exact) mass is 273 g/mol. The summed E-state index contributed by atoms with van der Waals surface area (Å²) in [5.41, 5.74) is 0. The van der Waals surface area contributed by atoms with Crippen LogP contribution in [0.3, 0.4) is 0 Å². The van der Waals surface area contributed by atoms with Crippen LogP contribution >= 0.6 is 22.9 Å². The van der Waals surface area contributed by atoms with Crippen LogP contribution in [0, 0.1) is 0 Å². The van der Waals surface area contributed by atoms with Gasteiger partial charge in [0.1, 0.15) is 0 Å². The van der Waals surface area contributed by atoms with E-state index in [1.54, 1.807) is 11.3 Å². The van der Waals surface area contributed by atoms with Gasteiger partial charge in [0.05, 0.1) is 10.4 Å². The van der Waals surface area contributed by atoms with Crippen molar-refractivity contribution in [1.29, 1.82) is 0 Å². The zero-order valence-electron chi connectivity index (χ0n) is 10.2. The number of thiophene rings is 1. The van der Waals surface area contributed by atoms with Gasteiger partial charge in [-0.3, -0.25) is 0 Å². The molecule has 2 heterocycles. The summed E-state index contributed by atoms with van der Waals surface area (Å²) < 4.78 is 6.56. The minimum atomic E-state index is 0.456. The fraction of sp³-hybridized carbons (Fsp3) is 0.692. The number of halogens is 1. The molecular formula is C13H20ClNOS. The number of hydrogen-bond acceptors (Lipinski definition) is 3. The Balaban J connectivity index is 1.68. The predicted molar refractivity (Wildman–Crippen MR) is 74.1 cm³/mol. The van der Waals surface area contributed by atoms with Gasteiger partial charge < -0.3 is 10.1 Å². The first-order valence-electron chi connectivity index (χ1n) is 6.37. The molecule has 1 aromatic heterocycles. The maximum Gasteiger partial charge on any atom is 0.0931 e. The third-order valence-corrected chi connectivity index (χ3v) is 4.55. The van der Waals surface area contributed by atoms with Gasteiger partial charge in [0.15, 0.2) is 0 Å². The predicted octanol–water partition coefficient (Wildman–Crippen LogP) is 3.49. The van der Waals surface area contributed by atoms with Crippen LogP contribution in [0.2, 0.25) is 4.34 Å². The van der Waals surface area contributed by atoms with Crippen molar-refractivity contribution in [2.75, 3.05) is 13.2 Å². The summed E-state index contributed by atoms with van der Waals surface area (Å²) in [5, 5.41) is 3.63. The molecule has 0 radical (unpaired) electrons. The molecule has 0 saturated carbocycles. The number of hydrogen-bond donors (Lipinski definition) is 1. The van der Waals surface area contributed by atoms with Gasteiger partial charge in [0, 0.05) is 24.1 Å². The second-order valence-electron chi connectivity index (χ2n) is 4.53. The molecule has 1 aromatic rings. The van der Waals surface area contributed by atoms with Gasteiger partial charge in [-0.2, -0.15) is 0 Å². The zero-order chi connectivity index (χ0) is 12.1. The van der Waals surface area contributed by atoms with Crippen LogP contribution in [-0.2, 0) is 11.2 Å². The van der Waals surface area contributed by atoms with Crippen molar-refractivity contribution in [2.24, 2.45) is 0 Å². The van der Waals surface area contributed by atoms with Crippen molar-refractivity contribution in [3.05, 3.63) is 21.3 Å². The molecule has 2 rings (SSSR count). The lowest BCUT2D eigenvalue weighted by atomic mass is 10.0. The highest BCUT2D eigenvalue weighted by atomic mass is 35.5. The van der Waals surface area contributed by atoms with Crippen molar-refractivity contribution in [3.8, 4) is 0 Å². The summed E-state index contributed by atoms with van der Waals surface area (Å²) >= 11 is 7.59. The molecule has 1 fully saturated rings. The van der Waals surface area contributed by atoms with Crippen molar-refractivity contribution < 1.29 is 4.74 Å². The number of rotatable bonds is 5. The molecule has 1 aliphatic rings. The van der Waals surface area contributed by atoms with Crippen LogP contribution < -0.4 is 5.32 Å². The molecule has 96 valence electrons. The van der Waals surface area contributed by atoms with Gasteiger partial charge in [0.25, 0.3) is 0 Å². The van der Waals surface area contributed by atoms with Gasteiger partial charge in [0.2, 0.25) is 0 Å². The molecule has 2 unspecified atom stereocenters. The van der Waals surface area contributed by atoms with E-state index in [1.807, 2.05) is 6.07 Å². The highest BCUT2D eigenvalue weighted by Gasteiger charge is 2.20. The molecule has 0 spiro atoms. The lowest BCUT2D eigenvalue weighted by Crippen LogP contribution is -2.39. The van der Waals surface area contributed by atoms with E-state index < -0.39 is 0 Å². The quantitative estimate of drug-likeness (QED) is 0.887. The third-order valence-electron chi connectivity index (χ3n) is 3.26. The Kier molecular flexibility index (Phi) is 5.29. The molecule has 1 aliphatic heterocycles. The largest absolute Gasteiger partial charge is 0.378 e. The van der Waals surface area contributed by atoms with Crippen LogP contribution in [0.1, 0.15) is 31.1 Å². The molecule has 0 aliphatic carbocycles. The Hall–Kier alpha value is -0.0900. The van der Waals surface area contributed by atoms with Crippen LogP contribution in [-0.4, -0.2) is 25.3 Å². The minimum Gasteiger partial charge on any atom is -0.378 e. The van der Waals surface area contributed by atoms with Crippen molar-refractivity contribution >= 4 is 22.9 Å². The topological polar surface area (TPSA) is 21.3 Å². The second kappa shape index (κ2) is 6.74. The molecular weight excluding hydrogens is 254 g/mol. The molecule has 0 aromatic carbocycles. The molecule has 0 amide bonds. The van der Waals surface area contributed by atoms with Gasteiger partial charge in [-0.05, 0) is 37.8 Å². The lowest BCUT2D eigenvalue weighted by Gasteiger charge is -2.29. The maximum absolute atomic E-state index is 5.91.